The van der Waals surface area contributed by atoms with Crippen molar-refractivity contribution in [3.63, 3.8) is 0 Å². The molecule has 0 aliphatic rings. The number of likely N-dealkylation sites (N-methyl/N-ethyl adjacent to an activating group) is 1. The molecule has 0 bridgehead atoms. The molecule has 1 heterocycles. The molecule has 0 saturated carbocycles. The van der Waals surface area contributed by atoms with Crippen molar-refractivity contribution in [2.24, 2.45) is 0 Å². The summed E-state index contributed by atoms with van der Waals surface area (Å²) in [4.78, 5) is 21.5. The van der Waals surface area contributed by atoms with Gasteiger partial charge in [0.15, 0.2) is 11.2 Å². The molecule has 0 aliphatic carbocycles. The molecule has 0 radical (unpaired) electrons. The van der Waals surface area contributed by atoms with Crippen LogP contribution in [0, 0.1) is 0 Å². The molecule has 2 rings (SSSR count). The summed E-state index contributed by atoms with van der Waals surface area (Å²) in [6.45, 7) is 0. The maximum atomic E-state index is 10.8. The van der Waals surface area contributed by atoms with Crippen LogP contribution in [0.15, 0.2) is 31.8 Å². The van der Waals surface area contributed by atoms with Gasteiger partial charge >= 0.3 is 5.82 Å². The summed E-state index contributed by atoms with van der Waals surface area (Å²) < 4.78 is 9.60. The molecule has 5 nitrogen and oxygen atoms in total. The van der Waals surface area contributed by atoms with Gasteiger partial charge in [0.1, 0.15) is 6.29 Å². The zero-order valence-electron chi connectivity index (χ0n) is 8.73. The smallest absolute Gasteiger partial charge is 0.391 e. The Morgan fingerprint density at radius 1 is 1.38 bits per heavy atom. The Morgan fingerprint density at radius 2 is 2.12 bits per heavy atom. The first-order valence-electron chi connectivity index (χ1n) is 4.88. The lowest BCUT2D eigenvalue weighted by molar-refractivity contribution is -0.109. The normalized spacial score (nSPS) is 12.8. The molecule has 2 aromatic rings. The average molecular weight is 221 g/mol. The average Bonchev–Trinajstić information content (AvgIpc) is 2.65. The van der Waals surface area contributed by atoms with E-state index in [9.17, 15) is 9.59 Å². The zero-order chi connectivity index (χ0) is 11.5. The number of benzene rings is 1. The lowest BCUT2D eigenvalue weighted by atomic mass is 10.1. The van der Waals surface area contributed by atoms with E-state index < -0.39 is 5.82 Å². The van der Waals surface area contributed by atoms with Gasteiger partial charge in [0.25, 0.3) is 0 Å². The SMILES string of the molecule is CNC(C=O)Cc1ccc2oc(=O)oc2c1. The fourth-order valence-electron chi connectivity index (χ4n) is 1.52. The zero-order valence-corrected chi connectivity index (χ0v) is 8.73. The third-order valence-corrected chi connectivity index (χ3v) is 2.39. The predicted octanol–water partition coefficient (Wildman–Crippen LogP) is 0.715. The van der Waals surface area contributed by atoms with Gasteiger partial charge < -0.3 is 18.9 Å². The maximum absolute atomic E-state index is 10.8. The van der Waals surface area contributed by atoms with Crippen LogP contribution in [0.25, 0.3) is 11.2 Å². The molecule has 0 aliphatic heterocycles. The van der Waals surface area contributed by atoms with Crippen molar-refractivity contribution < 1.29 is 13.6 Å². The summed E-state index contributed by atoms with van der Waals surface area (Å²) >= 11 is 0. The number of carbonyl (C=O) groups excluding carboxylic acids is 1. The molecule has 1 aromatic heterocycles. The second-order valence-corrected chi connectivity index (χ2v) is 3.47. The van der Waals surface area contributed by atoms with Crippen molar-refractivity contribution in [3.8, 4) is 0 Å². The summed E-state index contributed by atoms with van der Waals surface area (Å²) in [5.74, 6) is -0.715. The lowest BCUT2D eigenvalue weighted by Gasteiger charge is -2.07. The molecule has 1 unspecified atom stereocenters. The lowest BCUT2D eigenvalue weighted by Crippen LogP contribution is -2.28. The summed E-state index contributed by atoms with van der Waals surface area (Å²) in [5.41, 5.74) is 1.73. The fourth-order valence-corrected chi connectivity index (χ4v) is 1.52. The van der Waals surface area contributed by atoms with Crippen LogP contribution in [0.2, 0.25) is 0 Å². The van der Waals surface area contributed by atoms with E-state index >= 15 is 0 Å². The third kappa shape index (κ3) is 2.04. The van der Waals surface area contributed by atoms with E-state index in [1.807, 2.05) is 0 Å². The van der Waals surface area contributed by atoms with E-state index in [1.54, 1.807) is 25.2 Å². The molecule has 0 saturated heterocycles. The molecular weight excluding hydrogens is 210 g/mol. The van der Waals surface area contributed by atoms with Gasteiger partial charge in [-0.2, -0.15) is 0 Å². The molecule has 5 heteroatoms. The number of hydrogen-bond donors (Lipinski definition) is 1. The van der Waals surface area contributed by atoms with Crippen molar-refractivity contribution in [3.05, 3.63) is 34.4 Å². The van der Waals surface area contributed by atoms with E-state index in [2.05, 4.69) is 5.32 Å². The van der Waals surface area contributed by atoms with Crippen molar-refractivity contribution in [2.75, 3.05) is 7.05 Å². The Kier molecular flexibility index (Phi) is 2.87. The van der Waals surface area contributed by atoms with Crippen molar-refractivity contribution in [1.82, 2.24) is 5.32 Å². The van der Waals surface area contributed by atoms with E-state index in [4.69, 9.17) is 8.83 Å². The molecule has 0 spiro atoms. The Hall–Kier alpha value is -1.88. The monoisotopic (exact) mass is 221 g/mol. The number of nitrogens with one attached hydrogen (secondary N) is 1. The van der Waals surface area contributed by atoms with Crippen molar-refractivity contribution in [2.45, 2.75) is 12.5 Å². The van der Waals surface area contributed by atoms with Crippen LogP contribution in [0.5, 0.6) is 0 Å². The van der Waals surface area contributed by atoms with E-state index in [1.165, 1.54) is 0 Å². The van der Waals surface area contributed by atoms with Gasteiger partial charge in [-0.3, -0.25) is 0 Å². The van der Waals surface area contributed by atoms with Crippen LogP contribution in [0.4, 0.5) is 0 Å². The van der Waals surface area contributed by atoms with Gasteiger partial charge in [-0.15, -0.1) is 0 Å². The van der Waals surface area contributed by atoms with Crippen LogP contribution in [0.1, 0.15) is 5.56 Å². The third-order valence-electron chi connectivity index (χ3n) is 2.39. The predicted molar refractivity (Wildman–Crippen MR) is 57.4 cm³/mol. The molecule has 1 N–H and O–H groups in total. The van der Waals surface area contributed by atoms with Gasteiger partial charge in [0.2, 0.25) is 0 Å². The number of fused-ring (bicyclic) bond motifs is 1. The highest BCUT2D eigenvalue weighted by Crippen LogP contribution is 2.15. The summed E-state index contributed by atoms with van der Waals surface area (Å²) in [5, 5.41) is 2.87. The standard InChI is InChI=1S/C11H11NO4/c1-12-8(6-13)4-7-2-3-9-10(5-7)16-11(14)15-9/h2-3,5-6,8,12H,4H2,1H3. The molecule has 16 heavy (non-hydrogen) atoms. The quantitative estimate of drug-likeness (QED) is 0.770. The van der Waals surface area contributed by atoms with Gasteiger partial charge in [-0.05, 0) is 31.2 Å². The minimum atomic E-state index is -0.715. The summed E-state index contributed by atoms with van der Waals surface area (Å²) in [6, 6.07) is 4.92. The topological polar surface area (TPSA) is 72.5 Å². The highest BCUT2D eigenvalue weighted by atomic mass is 16.6. The Balaban J connectivity index is 2.31. The van der Waals surface area contributed by atoms with Gasteiger partial charge in [0.05, 0.1) is 6.04 Å². The minimum absolute atomic E-state index is 0.240. The first-order chi connectivity index (χ1) is 7.72. The van der Waals surface area contributed by atoms with Crippen LogP contribution >= 0.6 is 0 Å². The van der Waals surface area contributed by atoms with Crippen LogP contribution < -0.4 is 11.1 Å². The van der Waals surface area contributed by atoms with E-state index in [0.29, 0.717) is 17.6 Å². The summed E-state index contributed by atoms with van der Waals surface area (Å²) in [6.07, 6.45) is 1.39. The van der Waals surface area contributed by atoms with Crippen molar-refractivity contribution in [1.29, 1.82) is 0 Å². The number of hydrogen-bond acceptors (Lipinski definition) is 5. The maximum Gasteiger partial charge on any atom is 0.519 e. The second-order valence-electron chi connectivity index (χ2n) is 3.47. The highest BCUT2D eigenvalue weighted by Gasteiger charge is 2.08. The van der Waals surface area contributed by atoms with Gasteiger partial charge in [-0.1, -0.05) is 6.07 Å². The van der Waals surface area contributed by atoms with Gasteiger partial charge in [-0.25, -0.2) is 4.79 Å². The molecular formula is C11H11NO4. The number of aldehydes is 1. The minimum Gasteiger partial charge on any atom is -0.391 e. The van der Waals surface area contributed by atoms with E-state index in [0.717, 1.165) is 11.8 Å². The number of rotatable bonds is 4. The Bertz CT molecular complexity index is 554. The Labute approximate surface area is 91.0 Å². The molecule has 0 fully saturated rings. The van der Waals surface area contributed by atoms with Crippen molar-refractivity contribution >= 4 is 17.5 Å². The fraction of sp³-hybridized carbons (Fsp3) is 0.273. The molecule has 84 valence electrons. The van der Waals surface area contributed by atoms with E-state index in [-0.39, 0.29) is 6.04 Å². The second kappa shape index (κ2) is 4.32. The molecule has 1 atom stereocenters. The van der Waals surface area contributed by atoms with Crippen LogP contribution in [0.3, 0.4) is 0 Å². The highest BCUT2D eigenvalue weighted by molar-refractivity contribution is 5.70. The largest absolute Gasteiger partial charge is 0.519 e. The number of carbonyl (C=O) groups is 1. The van der Waals surface area contributed by atoms with Crippen LogP contribution in [-0.4, -0.2) is 19.4 Å². The first kappa shape index (κ1) is 10.6. The molecule has 0 amide bonds. The van der Waals surface area contributed by atoms with Gasteiger partial charge in [0, 0.05) is 0 Å². The summed E-state index contributed by atoms with van der Waals surface area (Å²) in [7, 11) is 1.72. The Morgan fingerprint density at radius 3 is 2.81 bits per heavy atom. The first-order valence-corrected chi connectivity index (χ1v) is 4.88. The van der Waals surface area contributed by atoms with Crippen LogP contribution in [-0.2, 0) is 11.2 Å². The molecule has 1 aromatic carbocycles.